The number of nitrogens with one attached hydrogen (secondary N) is 1. The van der Waals surface area contributed by atoms with E-state index in [0.29, 0.717) is 5.82 Å². The van der Waals surface area contributed by atoms with Crippen molar-refractivity contribution in [3.8, 4) is 21.7 Å². The largest absolute Gasteiger partial charge is 0.382 e. The van der Waals surface area contributed by atoms with Crippen molar-refractivity contribution in [2.24, 2.45) is 7.05 Å². The lowest BCUT2D eigenvalue weighted by Crippen LogP contribution is -1.87. The molecular formula is C12H13N5S. The van der Waals surface area contributed by atoms with E-state index >= 15 is 0 Å². The number of thiophene rings is 1. The maximum Gasteiger partial charge on any atom is 0.154 e. The average Bonchev–Trinajstić information content (AvgIpc) is 2.99. The zero-order valence-electron chi connectivity index (χ0n) is 10.1. The Morgan fingerprint density at radius 2 is 2.28 bits per heavy atom. The fourth-order valence-corrected chi connectivity index (χ4v) is 2.85. The molecule has 0 saturated heterocycles. The van der Waals surface area contributed by atoms with Gasteiger partial charge in [-0.3, -0.25) is 9.78 Å². The van der Waals surface area contributed by atoms with Gasteiger partial charge in [-0.15, -0.1) is 11.3 Å². The van der Waals surface area contributed by atoms with Gasteiger partial charge >= 0.3 is 0 Å². The summed E-state index contributed by atoms with van der Waals surface area (Å²) >= 11 is 1.65. The number of nitrogen functional groups attached to an aromatic ring is 1. The second-order valence-corrected chi connectivity index (χ2v) is 5.09. The van der Waals surface area contributed by atoms with Gasteiger partial charge in [0.1, 0.15) is 0 Å². The number of hydrogen-bond donors (Lipinski definition) is 2. The maximum atomic E-state index is 5.96. The van der Waals surface area contributed by atoms with E-state index in [1.165, 1.54) is 0 Å². The summed E-state index contributed by atoms with van der Waals surface area (Å²) in [5.41, 5.74) is 9.84. The van der Waals surface area contributed by atoms with E-state index in [1.807, 2.05) is 37.7 Å². The van der Waals surface area contributed by atoms with Crippen molar-refractivity contribution in [1.29, 1.82) is 0 Å². The van der Waals surface area contributed by atoms with E-state index in [-0.39, 0.29) is 0 Å². The van der Waals surface area contributed by atoms with Gasteiger partial charge in [-0.2, -0.15) is 10.2 Å². The van der Waals surface area contributed by atoms with Crippen LogP contribution in [0.3, 0.4) is 0 Å². The second kappa shape index (κ2) is 3.99. The predicted molar refractivity (Wildman–Crippen MR) is 73.3 cm³/mol. The summed E-state index contributed by atoms with van der Waals surface area (Å²) in [6, 6.07) is 4.05. The summed E-state index contributed by atoms with van der Waals surface area (Å²) in [4.78, 5) is 1.11. The molecule has 0 spiro atoms. The number of aromatic nitrogens is 4. The molecule has 3 N–H and O–H groups in total. The first kappa shape index (κ1) is 11.0. The highest BCUT2D eigenvalue weighted by Crippen LogP contribution is 2.37. The van der Waals surface area contributed by atoms with Gasteiger partial charge < -0.3 is 5.73 Å². The van der Waals surface area contributed by atoms with Crippen LogP contribution in [0.25, 0.3) is 21.7 Å². The Balaban J connectivity index is 2.23. The molecule has 0 fully saturated rings. The number of nitrogens with zero attached hydrogens (tertiary/aromatic N) is 3. The molecule has 0 bridgehead atoms. The Bertz CT molecular complexity index is 677. The third kappa shape index (κ3) is 1.62. The molecule has 0 radical (unpaired) electrons. The van der Waals surface area contributed by atoms with E-state index in [0.717, 1.165) is 27.4 Å². The minimum atomic E-state index is 0.524. The fraction of sp³-hybridized carbons (Fsp3) is 0.167. The smallest absolute Gasteiger partial charge is 0.154 e. The average molecular weight is 259 g/mol. The van der Waals surface area contributed by atoms with Crippen molar-refractivity contribution < 1.29 is 0 Å². The zero-order chi connectivity index (χ0) is 12.7. The van der Waals surface area contributed by atoms with Crippen molar-refractivity contribution in [1.82, 2.24) is 20.0 Å². The highest BCUT2D eigenvalue weighted by atomic mass is 32.1. The van der Waals surface area contributed by atoms with Crippen LogP contribution in [0.2, 0.25) is 0 Å². The van der Waals surface area contributed by atoms with Gasteiger partial charge in [-0.05, 0) is 18.4 Å². The van der Waals surface area contributed by atoms with E-state index in [9.17, 15) is 0 Å². The molecular weight excluding hydrogens is 246 g/mol. The third-order valence-corrected chi connectivity index (χ3v) is 3.73. The molecule has 3 aromatic heterocycles. The Labute approximate surface area is 108 Å². The summed E-state index contributed by atoms with van der Waals surface area (Å²) in [5, 5.41) is 13.5. The number of hydrogen-bond acceptors (Lipinski definition) is 4. The molecule has 0 aromatic carbocycles. The zero-order valence-corrected chi connectivity index (χ0v) is 11.0. The van der Waals surface area contributed by atoms with Crippen LogP contribution in [-0.4, -0.2) is 20.0 Å². The highest BCUT2D eigenvalue weighted by Gasteiger charge is 2.18. The van der Waals surface area contributed by atoms with Gasteiger partial charge in [0, 0.05) is 23.7 Å². The number of aromatic amines is 1. The molecule has 0 aliphatic rings. The van der Waals surface area contributed by atoms with Crippen LogP contribution in [0.15, 0.2) is 23.7 Å². The third-order valence-electron chi connectivity index (χ3n) is 2.84. The van der Waals surface area contributed by atoms with E-state index in [4.69, 9.17) is 5.73 Å². The molecule has 92 valence electrons. The fourth-order valence-electron chi connectivity index (χ4n) is 2.07. The molecule has 3 aromatic rings. The number of rotatable bonds is 2. The summed E-state index contributed by atoms with van der Waals surface area (Å²) in [5.74, 6) is 0.524. The van der Waals surface area contributed by atoms with E-state index in [1.54, 1.807) is 16.0 Å². The van der Waals surface area contributed by atoms with Crippen LogP contribution in [0.4, 0.5) is 5.82 Å². The van der Waals surface area contributed by atoms with Gasteiger partial charge in [0.05, 0.1) is 17.0 Å². The monoisotopic (exact) mass is 259 g/mol. The van der Waals surface area contributed by atoms with Crippen LogP contribution >= 0.6 is 11.3 Å². The van der Waals surface area contributed by atoms with Crippen LogP contribution in [0.5, 0.6) is 0 Å². The summed E-state index contributed by atoms with van der Waals surface area (Å²) < 4.78 is 1.79. The van der Waals surface area contributed by atoms with Crippen LogP contribution in [-0.2, 0) is 7.05 Å². The van der Waals surface area contributed by atoms with Crippen molar-refractivity contribution in [2.45, 2.75) is 6.92 Å². The minimum Gasteiger partial charge on any atom is -0.382 e. The minimum absolute atomic E-state index is 0.524. The Morgan fingerprint density at radius 1 is 1.44 bits per heavy atom. The van der Waals surface area contributed by atoms with E-state index < -0.39 is 0 Å². The van der Waals surface area contributed by atoms with Gasteiger partial charge in [0.25, 0.3) is 0 Å². The Morgan fingerprint density at radius 3 is 2.89 bits per heavy atom. The summed E-state index contributed by atoms with van der Waals surface area (Å²) in [6.07, 6.45) is 1.97. The SMILES string of the molecule is Cc1nn(C)cc1-c1[nH]nc(N)c1-c1cccs1. The normalized spacial score (nSPS) is 11.0. The molecule has 0 amide bonds. The molecule has 6 heteroatoms. The first-order valence-corrected chi connectivity index (χ1v) is 6.43. The summed E-state index contributed by atoms with van der Waals surface area (Å²) in [7, 11) is 1.90. The molecule has 0 aliphatic carbocycles. The Kier molecular flexibility index (Phi) is 2.45. The molecule has 5 nitrogen and oxygen atoms in total. The molecule has 0 atom stereocenters. The number of nitrogens with two attached hydrogens (primary N) is 1. The van der Waals surface area contributed by atoms with Crippen molar-refractivity contribution in [3.63, 3.8) is 0 Å². The molecule has 18 heavy (non-hydrogen) atoms. The van der Waals surface area contributed by atoms with Crippen LogP contribution in [0, 0.1) is 6.92 Å². The standard InChI is InChI=1S/C12H13N5S/c1-7-8(6-17(2)16-7)11-10(12(13)15-14-11)9-4-3-5-18-9/h3-6H,1-2H3,(H3,13,14,15). The molecule has 0 saturated carbocycles. The molecule has 0 aliphatic heterocycles. The molecule has 0 unspecified atom stereocenters. The van der Waals surface area contributed by atoms with Gasteiger partial charge in [0.15, 0.2) is 5.82 Å². The Hall–Kier alpha value is -2.08. The first-order chi connectivity index (χ1) is 8.66. The number of aryl methyl sites for hydroxylation is 2. The van der Waals surface area contributed by atoms with Crippen LogP contribution in [0.1, 0.15) is 5.69 Å². The lowest BCUT2D eigenvalue weighted by molar-refractivity contribution is 0.756. The first-order valence-electron chi connectivity index (χ1n) is 5.55. The van der Waals surface area contributed by atoms with Crippen molar-refractivity contribution >= 4 is 17.2 Å². The van der Waals surface area contributed by atoms with E-state index in [2.05, 4.69) is 15.3 Å². The molecule has 3 rings (SSSR count). The summed E-state index contributed by atoms with van der Waals surface area (Å²) in [6.45, 7) is 1.98. The lowest BCUT2D eigenvalue weighted by atomic mass is 10.1. The predicted octanol–water partition coefficient (Wildman–Crippen LogP) is 2.43. The van der Waals surface area contributed by atoms with Gasteiger partial charge in [-0.25, -0.2) is 0 Å². The van der Waals surface area contributed by atoms with Crippen LogP contribution < -0.4 is 5.73 Å². The number of H-pyrrole nitrogens is 1. The maximum absolute atomic E-state index is 5.96. The molecule has 3 heterocycles. The quantitative estimate of drug-likeness (QED) is 0.742. The van der Waals surface area contributed by atoms with Crippen molar-refractivity contribution in [3.05, 3.63) is 29.4 Å². The topological polar surface area (TPSA) is 72.5 Å². The highest BCUT2D eigenvalue weighted by molar-refractivity contribution is 7.13. The lowest BCUT2D eigenvalue weighted by Gasteiger charge is -2.00. The van der Waals surface area contributed by atoms with Gasteiger partial charge in [-0.1, -0.05) is 6.07 Å². The van der Waals surface area contributed by atoms with Gasteiger partial charge in [0.2, 0.25) is 0 Å². The van der Waals surface area contributed by atoms with Crippen molar-refractivity contribution in [2.75, 3.05) is 5.73 Å². The second-order valence-electron chi connectivity index (χ2n) is 4.14. The number of anilines is 1.